The van der Waals surface area contributed by atoms with Crippen molar-refractivity contribution in [1.29, 1.82) is 0 Å². The maximum Gasteiger partial charge on any atom is 0.220 e. The molecule has 3 N–H and O–H groups in total. The van der Waals surface area contributed by atoms with Crippen molar-refractivity contribution in [3.8, 4) is 0 Å². The van der Waals surface area contributed by atoms with Crippen molar-refractivity contribution in [1.82, 2.24) is 5.32 Å². The average molecular weight is 224 g/mol. The average Bonchev–Trinajstić information content (AvgIpc) is 2.70. The number of thiophene rings is 1. The molecule has 2 heterocycles. The molecule has 0 saturated carbocycles. The van der Waals surface area contributed by atoms with Gasteiger partial charge in [0, 0.05) is 29.8 Å². The highest BCUT2D eigenvalue weighted by Crippen LogP contribution is 2.36. The molecule has 1 aliphatic rings. The maximum absolute atomic E-state index is 11.6. The van der Waals surface area contributed by atoms with Gasteiger partial charge in [-0.05, 0) is 24.3 Å². The van der Waals surface area contributed by atoms with Crippen molar-refractivity contribution in [2.75, 3.05) is 13.1 Å². The van der Waals surface area contributed by atoms with Gasteiger partial charge in [0.15, 0.2) is 0 Å². The standard InChI is InChI=1S/C11H16N2OS/c12-8-11(9-3-1-6-15-9)4-2-5-13-10(14)7-11/h1,3,6H,2,4-5,7-8,12H2,(H,13,14). The summed E-state index contributed by atoms with van der Waals surface area (Å²) in [6.07, 6.45) is 2.55. The van der Waals surface area contributed by atoms with Gasteiger partial charge in [0.1, 0.15) is 0 Å². The van der Waals surface area contributed by atoms with Gasteiger partial charge < -0.3 is 11.1 Å². The summed E-state index contributed by atoms with van der Waals surface area (Å²) < 4.78 is 0. The predicted octanol–water partition coefficient (Wildman–Crippen LogP) is 1.24. The lowest BCUT2D eigenvalue weighted by molar-refractivity contribution is -0.121. The third-order valence-corrected chi connectivity index (χ3v) is 4.20. The van der Waals surface area contributed by atoms with Gasteiger partial charge in [-0.3, -0.25) is 4.79 Å². The van der Waals surface area contributed by atoms with Crippen LogP contribution in [0.4, 0.5) is 0 Å². The number of carbonyl (C=O) groups excluding carboxylic acids is 1. The summed E-state index contributed by atoms with van der Waals surface area (Å²) in [6, 6.07) is 4.12. The van der Waals surface area contributed by atoms with E-state index >= 15 is 0 Å². The quantitative estimate of drug-likeness (QED) is 0.794. The monoisotopic (exact) mass is 224 g/mol. The van der Waals surface area contributed by atoms with E-state index in [0.717, 1.165) is 19.4 Å². The van der Waals surface area contributed by atoms with Crippen molar-refractivity contribution in [3.63, 3.8) is 0 Å². The van der Waals surface area contributed by atoms with Crippen molar-refractivity contribution in [3.05, 3.63) is 22.4 Å². The highest BCUT2D eigenvalue weighted by molar-refractivity contribution is 7.10. The second-order valence-corrected chi connectivity index (χ2v) is 5.04. The van der Waals surface area contributed by atoms with Crippen molar-refractivity contribution in [2.45, 2.75) is 24.7 Å². The third kappa shape index (κ3) is 2.06. The van der Waals surface area contributed by atoms with Gasteiger partial charge in [-0.25, -0.2) is 0 Å². The second kappa shape index (κ2) is 4.33. The molecule has 1 fully saturated rings. The molecule has 1 aromatic heterocycles. The van der Waals surface area contributed by atoms with Crippen LogP contribution in [-0.4, -0.2) is 19.0 Å². The van der Waals surface area contributed by atoms with Crippen LogP contribution in [0.25, 0.3) is 0 Å². The zero-order valence-electron chi connectivity index (χ0n) is 8.66. The van der Waals surface area contributed by atoms with Crippen LogP contribution in [0.1, 0.15) is 24.1 Å². The molecule has 0 bridgehead atoms. The van der Waals surface area contributed by atoms with Crippen LogP contribution in [0.3, 0.4) is 0 Å². The van der Waals surface area contributed by atoms with Gasteiger partial charge >= 0.3 is 0 Å². The van der Waals surface area contributed by atoms with Crippen LogP contribution >= 0.6 is 11.3 Å². The molecular formula is C11H16N2OS. The molecule has 15 heavy (non-hydrogen) atoms. The lowest BCUT2D eigenvalue weighted by Crippen LogP contribution is -2.37. The molecule has 0 aliphatic carbocycles. The smallest absolute Gasteiger partial charge is 0.220 e. The van der Waals surface area contributed by atoms with Crippen LogP contribution in [0.5, 0.6) is 0 Å². The third-order valence-electron chi connectivity index (χ3n) is 3.09. The fourth-order valence-electron chi connectivity index (χ4n) is 2.18. The minimum atomic E-state index is -0.116. The number of carbonyl (C=O) groups is 1. The molecule has 1 unspecified atom stereocenters. The van der Waals surface area contributed by atoms with Gasteiger partial charge in [0.2, 0.25) is 5.91 Å². The topological polar surface area (TPSA) is 55.1 Å². The lowest BCUT2D eigenvalue weighted by atomic mass is 9.79. The number of rotatable bonds is 2. The molecule has 1 saturated heterocycles. The van der Waals surface area contributed by atoms with Crippen LogP contribution in [0, 0.1) is 0 Å². The molecule has 4 heteroatoms. The van der Waals surface area contributed by atoms with Crippen molar-refractivity contribution < 1.29 is 4.79 Å². The highest BCUT2D eigenvalue weighted by atomic mass is 32.1. The molecule has 1 atom stereocenters. The first-order chi connectivity index (χ1) is 7.27. The largest absolute Gasteiger partial charge is 0.356 e. The Hall–Kier alpha value is -0.870. The first-order valence-electron chi connectivity index (χ1n) is 5.28. The minimum Gasteiger partial charge on any atom is -0.356 e. The van der Waals surface area contributed by atoms with E-state index in [1.54, 1.807) is 11.3 Å². The number of hydrogen-bond donors (Lipinski definition) is 2. The fraction of sp³-hybridized carbons (Fsp3) is 0.545. The summed E-state index contributed by atoms with van der Waals surface area (Å²) >= 11 is 1.70. The Morgan fingerprint density at radius 1 is 1.60 bits per heavy atom. The SMILES string of the molecule is NCC1(c2cccs2)CCCNC(=O)C1. The van der Waals surface area contributed by atoms with E-state index < -0.39 is 0 Å². The molecule has 2 rings (SSSR count). The number of amides is 1. The second-order valence-electron chi connectivity index (χ2n) is 4.09. The Morgan fingerprint density at radius 2 is 2.47 bits per heavy atom. The summed E-state index contributed by atoms with van der Waals surface area (Å²) in [4.78, 5) is 12.8. The predicted molar refractivity (Wildman–Crippen MR) is 61.9 cm³/mol. The summed E-state index contributed by atoms with van der Waals surface area (Å²) in [5.41, 5.74) is 5.77. The van der Waals surface area contributed by atoms with Gasteiger partial charge in [0.05, 0.1) is 0 Å². The minimum absolute atomic E-state index is 0.116. The Labute approximate surface area is 93.7 Å². The van der Waals surface area contributed by atoms with E-state index in [1.165, 1.54) is 4.88 Å². The molecule has 0 aromatic carbocycles. The van der Waals surface area contributed by atoms with E-state index in [1.807, 2.05) is 6.07 Å². The first-order valence-corrected chi connectivity index (χ1v) is 6.15. The number of nitrogens with one attached hydrogen (secondary N) is 1. The Kier molecular flexibility index (Phi) is 3.07. The van der Waals surface area contributed by atoms with E-state index in [2.05, 4.69) is 16.8 Å². The molecule has 1 aromatic rings. The highest BCUT2D eigenvalue weighted by Gasteiger charge is 2.35. The van der Waals surface area contributed by atoms with Crippen LogP contribution in [0.15, 0.2) is 17.5 Å². The summed E-state index contributed by atoms with van der Waals surface area (Å²) in [5, 5.41) is 4.96. The molecular weight excluding hydrogens is 208 g/mol. The van der Waals surface area contributed by atoms with E-state index in [9.17, 15) is 4.79 Å². The van der Waals surface area contributed by atoms with Gasteiger partial charge in [-0.15, -0.1) is 11.3 Å². The first kappa shape index (κ1) is 10.6. The Bertz CT molecular complexity index is 336. The zero-order chi connectivity index (χ0) is 10.7. The fourth-order valence-corrected chi connectivity index (χ4v) is 3.15. The van der Waals surface area contributed by atoms with E-state index in [-0.39, 0.29) is 11.3 Å². The summed E-state index contributed by atoms with van der Waals surface area (Å²) in [7, 11) is 0. The molecule has 3 nitrogen and oxygen atoms in total. The molecule has 0 radical (unpaired) electrons. The van der Waals surface area contributed by atoms with Crippen LogP contribution in [0.2, 0.25) is 0 Å². The van der Waals surface area contributed by atoms with E-state index in [4.69, 9.17) is 5.73 Å². The van der Waals surface area contributed by atoms with Gasteiger partial charge in [-0.1, -0.05) is 6.07 Å². The Morgan fingerprint density at radius 3 is 3.13 bits per heavy atom. The molecule has 1 amide bonds. The number of nitrogens with two attached hydrogens (primary N) is 1. The lowest BCUT2D eigenvalue weighted by Gasteiger charge is -2.28. The van der Waals surface area contributed by atoms with Crippen molar-refractivity contribution >= 4 is 17.2 Å². The molecule has 1 aliphatic heterocycles. The van der Waals surface area contributed by atoms with E-state index in [0.29, 0.717) is 13.0 Å². The van der Waals surface area contributed by atoms with Gasteiger partial charge in [0.25, 0.3) is 0 Å². The molecule has 82 valence electrons. The maximum atomic E-state index is 11.6. The Balaban J connectivity index is 2.30. The van der Waals surface area contributed by atoms with Crippen LogP contribution in [-0.2, 0) is 10.2 Å². The zero-order valence-corrected chi connectivity index (χ0v) is 9.48. The summed E-state index contributed by atoms with van der Waals surface area (Å²) in [6.45, 7) is 1.34. The summed E-state index contributed by atoms with van der Waals surface area (Å²) in [5.74, 6) is 0.131. The normalized spacial score (nSPS) is 27.1. The van der Waals surface area contributed by atoms with Crippen molar-refractivity contribution in [2.24, 2.45) is 5.73 Å². The number of hydrogen-bond acceptors (Lipinski definition) is 3. The molecule has 0 spiro atoms. The van der Waals surface area contributed by atoms with Gasteiger partial charge in [-0.2, -0.15) is 0 Å². The van der Waals surface area contributed by atoms with Crippen LogP contribution < -0.4 is 11.1 Å².